The molecule has 4 nitrogen and oxygen atoms in total. The van der Waals surface area contributed by atoms with Gasteiger partial charge in [-0.3, -0.25) is 4.79 Å². The van der Waals surface area contributed by atoms with E-state index in [0.29, 0.717) is 0 Å². The molecular formula is C11H11N3O. The van der Waals surface area contributed by atoms with E-state index in [-0.39, 0.29) is 5.82 Å². The minimum Gasteiger partial charge on any atom is -0.363 e. The van der Waals surface area contributed by atoms with Crippen LogP contribution < -0.4 is 5.73 Å². The van der Waals surface area contributed by atoms with Gasteiger partial charge in [0, 0.05) is 5.39 Å². The standard InChI is InChI=1S/C11H11N3O/c1-2-8-7-5-3-4-6-9(7)14-11(13-8)10(12)15/h3-6H,2H2,1H3,(H2,12,15). The predicted octanol–water partition coefficient (Wildman–Crippen LogP) is 1.29. The minimum absolute atomic E-state index is 0.0885. The van der Waals surface area contributed by atoms with Crippen LogP contribution in [0.4, 0.5) is 0 Å². The van der Waals surface area contributed by atoms with Crippen LogP contribution in [-0.2, 0) is 6.42 Å². The van der Waals surface area contributed by atoms with Crippen molar-refractivity contribution in [3.8, 4) is 0 Å². The normalized spacial score (nSPS) is 10.5. The molecule has 15 heavy (non-hydrogen) atoms. The Labute approximate surface area is 87.1 Å². The van der Waals surface area contributed by atoms with Gasteiger partial charge < -0.3 is 5.73 Å². The third kappa shape index (κ3) is 1.66. The van der Waals surface area contributed by atoms with Gasteiger partial charge in [0.05, 0.1) is 11.2 Å². The molecule has 2 aromatic rings. The second-order valence-corrected chi connectivity index (χ2v) is 3.23. The number of aromatic nitrogens is 2. The average Bonchev–Trinajstić information content (AvgIpc) is 2.27. The van der Waals surface area contributed by atoms with Crippen LogP contribution in [0.3, 0.4) is 0 Å². The van der Waals surface area contributed by atoms with Crippen molar-refractivity contribution in [2.45, 2.75) is 13.3 Å². The van der Waals surface area contributed by atoms with Crippen LogP contribution in [0.2, 0.25) is 0 Å². The molecule has 76 valence electrons. The molecular weight excluding hydrogens is 190 g/mol. The lowest BCUT2D eigenvalue weighted by Gasteiger charge is -2.04. The quantitative estimate of drug-likeness (QED) is 0.796. The summed E-state index contributed by atoms with van der Waals surface area (Å²) in [6.45, 7) is 1.99. The van der Waals surface area contributed by atoms with Gasteiger partial charge in [0.1, 0.15) is 0 Å². The first-order valence-electron chi connectivity index (χ1n) is 4.78. The third-order valence-electron chi connectivity index (χ3n) is 2.24. The molecule has 4 heteroatoms. The van der Waals surface area contributed by atoms with Crippen LogP contribution in [0.25, 0.3) is 10.9 Å². The smallest absolute Gasteiger partial charge is 0.286 e. The number of primary amides is 1. The Balaban J connectivity index is 2.77. The highest BCUT2D eigenvalue weighted by Gasteiger charge is 2.09. The summed E-state index contributed by atoms with van der Waals surface area (Å²) in [5.74, 6) is -0.499. The van der Waals surface area contributed by atoms with Crippen molar-refractivity contribution in [2.75, 3.05) is 0 Å². The molecule has 0 saturated heterocycles. The number of fused-ring (bicyclic) bond motifs is 1. The molecule has 1 amide bonds. The molecule has 0 radical (unpaired) electrons. The van der Waals surface area contributed by atoms with E-state index in [9.17, 15) is 4.79 Å². The molecule has 1 aromatic carbocycles. The fraction of sp³-hybridized carbons (Fsp3) is 0.182. The second-order valence-electron chi connectivity index (χ2n) is 3.23. The highest BCUT2D eigenvalue weighted by Crippen LogP contribution is 2.15. The van der Waals surface area contributed by atoms with E-state index < -0.39 is 5.91 Å². The van der Waals surface area contributed by atoms with E-state index in [2.05, 4.69) is 9.97 Å². The summed E-state index contributed by atoms with van der Waals surface area (Å²) in [4.78, 5) is 19.2. The van der Waals surface area contributed by atoms with Gasteiger partial charge in [-0.05, 0) is 12.5 Å². The lowest BCUT2D eigenvalue weighted by molar-refractivity contribution is 0.0990. The zero-order valence-electron chi connectivity index (χ0n) is 8.40. The zero-order chi connectivity index (χ0) is 10.8. The second kappa shape index (κ2) is 3.65. The van der Waals surface area contributed by atoms with Gasteiger partial charge in [-0.1, -0.05) is 25.1 Å². The Morgan fingerprint density at radius 1 is 1.33 bits per heavy atom. The van der Waals surface area contributed by atoms with E-state index in [4.69, 9.17) is 5.73 Å². The van der Waals surface area contributed by atoms with E-state index in [1.165, 1.54) is 0 Å². The summed E-state index contributed by atoms with van der Waals surface area (Å²) in [6, 6.07) is 7.59. The number of para-hydroxylation sites is 1. The van der Waals surface area contributed by atoms with Gasteiger partial charge in [0.15, 0.2) is 0 Å². The molecule has 0 saturated carbocycles. The first-order valence-corrected chi connectivity index (χ1v) is 4.78. The summed E-state index contributed by atoms with van der Waals surface area (Å²) in [6.07, 6.45) is 0.753. The molecule has 0 unspecified atom stereocenters. The van der Waals surface area contributed by atoms with Gasteiger partial charge in [-0.15, -0.1) is 0 Å². The number of carbonyl (C=O) groups excluding carboxylic acids is 1. The van der Waals surface area contributed by atoms with E-state index in [1.54, 1.807) is 0 Å². The van der Waals surface area contributed by atoms with Crippen LogP contribution in [0, 0.1) is 0 Å². The van der Waals surface area contributed by atoms with Gasteiger partial charge in [0.2, 0.25) is 5.82 Å². The summed E-state index contributed by atoms with van der Waals surface area (Å²) >= 11 is 0. The zero-order valence-corrected chi connectivity index (χ0v) is 8.40. The van der Waals surface area contributed by atoms with Gasteiger partial charge in [-0.2, -0.15) is 0 Å². The van der Waals surface area contributed by atoms with Crippen LogP contribution >= 0.6 is 0 Å². The Morgan fingerprint density at radius 2 is 2.07 bits per heavy atom. The molecule has 1 aromatic heterocycles. The number of nitrogens with two attached hydrogens (primary N) is 1. The van der Waals surface area contributed by atoms with Crippen molar-refractivity contribution in [3.05, 3.63) is 35.8 Å². The molecule has 0 spiro atoms. The predicted molar refractivity (Wildman–Crippen MR) is 57.4 cm³/mol. The molecule has 0 atom stereocenters. The number of carbonyl (C=O) groups is 1. The maximum atomic E-state index is 11.0. The van der Waals surface area contributed by atoms with Crippen molar-refractivity contribution in [3.63, 3.8) is 0 Å². The van der Waals surface area contributed by atoms with Crippen molar-refractivity contribution in [1.29, 1.82) is 0 Å². The lowest BCUT2D eigenvalue weighted by atomic mass is 10.1. The Morgan fingerprint density at radius 3 is 2.73 bits per heavy atom. The molecule has 0 bridgehead atoms. The lowest BCUT2D eigenvalue weighted by Crippen LogP contribution is -2.16. The average molecular weight is 201 g/mol. The first-order chi connectivity index (χ1) is 7.22. The van der Waals surface area contributed by atoms with Crippen LogP contribution in [0.15, 0.2) is 24.3 Å². The van der Waals surface area contributed by atoms with Crippen molar-refractivity contribution >= 4 is 16.8 Å². The third-order valence-corrected chi connectivity index (χ3v) is 2.24. The molecule has 2 rings (SSSR count). The van der Waals surface area contributed by atoms with Gasteiger partial charge in [-0.25, -0.2) is 9.97 Å². The number of aryl methyl sites for hydroxylation is 1. The Hall–Kier alpha value is -1.97. The molecule has 0 aliphatic heterocycles. The van der Waals surface area contributed by atoms with Crippen LogP contribution in [-0.4, -0.2) is 15.9 Å². The highest BCUT2D eigenvalue weighted by molar-refractivity contribution is 5.92. The number of hydrogen-bond acceptors (Lipinski definition) is 3. The summed E-state index contributed by atoms with van der Waals surface area (Å²) in [5.41, 5.74) is 6.78. The highest BCUT2D eigenvalue weighted by atomic mass is 16.1. The van der Waals surface area contributed by atoms with Crippen molar-refractivity contribution in [1.82, 2.24) is 9.97 Å². The van der Waals surface area contributed by atoms with Gasteiger partial charge >= 0.3 is 0 Å². The number of hydrogen-bond donors (Lipinski definition) is 1. The maximum Gasteiger partial charge on any atom is 0.286 e. The molecule has 1 heterocycles. The number of rotatable bonds is 2. The monoisotopic (exact) mass is 201 g/mol. The number of amides is 1. The van der Waals surface area contributed by atoms with Gasteiger partial charge in [0.25, 0.3) is 5.91 Å². The Kier molecular flexibility index (Phi) is 2.33. The fourth-order valence-electron chi connectivity index (χ4n) is 1.52. The topological polar surface area (TPSA) is 68.9 Å². The summed E-state index contributed by atoms with van der Waals surface area (Å²) in [7, 11) is 0. The molecule has 0 aliphatic rings. The minimum atomic E-state index is -0.588. The molecule has 2 N–H and O–H groups in total. The maximum absolute atomic E-state index is 11.0. The molecule has 0 aliphatic carbocycles. The molecule has 0 fully saturated rings. The summed E-state index contributed by atoms with van der Waals surface area (Å²) < 4.78 is 0. The van der Waals surface area contributed by atoms with Crippen LogP contribution in [0.5, 0.6) is 0 Å². The van der Waals surface area contributed by atoms with E-state index in [1.807, 2.05) is 31.2 Å². The SMILES string of the molecule is CCc1nc(C(N)=O)nc2ccccc12. The first kappa shape index (κ1) is 9.58. The van der Waals surface area contributed by atoms with Crippen molar-refractivity contribution < 1.29 is 4.79 Å². The fourth-order valence-corrected chi connectivity index (χ4v) is 1.52. The Bertz CT molecular complexity index is 522. The largest absolute Gasteiger partial charge is 0.363 e. The van der Waals surface area contributed by atoms with Crippen molar-refractivity contribution in [2.24, 2.45) is 5.73 Å². The van der Waals surface area contributed by atoms with E-state index >= 15 is 0 Å². The number of benzene rings is 1. The number of nitrogens with zero attached hydrogens (tertiary/aromatic N) is 2. The van der Waals surface area contributed by atoms with Crippen LogP contribution in [0.1, 0.15) is 23.2 Å². The van der Waals surface area contributed by atoms with E-state index in [0.717, 1.165) is 23.0 Å². The summed E-state index contributed by atoms with van der Waals surface area (Å²) in [5, 5.41) is 0.977.